The van der Waals surface area contributed by atoms with Crippen molar-refractivity contribution in [3.8, 4) is 44.5 Å². The molecule has 0 bridgehead atoms. The Bertz CT molecular complexity index is 2950. The van der Waals surface area contributed by atoms with Crippen molar-refractivity contribution in [1.82, 2.24) is 0 Å². The van der Waals surface area contributed by atoms with Gasteiger partial charge in [0, 0.05) is 43.8 Å². The van der Waals surface area contributed by atoms with E-state index in [0.29, 0.717) is 0 Å². The van der Waals surface area contributed by atoms with Crippen LogP contribution in [-0.2, 0) is 0 Å². The summed E-state index contributed by atoms with van der Waals surface area (Å²) in [6, 6.07) is 64.9. The second-order valence-corrected chi connectivity index (χ2v) is 13.5. The average molecular weight is 663 g/mol. The third-order valence-electron chi connectivity index (χ3n) is 10.7. The predicted octanol–water partition coefficient (Wildman–Crippen LogP) is 14.5. The van der Waals surface area contributed by atoms with Crippen molar-refractivity contribution in [2.45, 2.75) is 0 Å². The van der Waals surface area contributed by atoms with Gasteiger partial charge in [-0.3, -0.25) is 0 Å². The third kappa shape index (κ3) is 4.19. The molecule has 0 saturated carbocycles. The molecule has 9 aromatic carbocycles. The SMILES string of the molecule is c1ccc(-c2cccc3c(-c4cccc5c4oc4ccccc45)c4c(-c5ccccc5)cccc4c(-c4cccc5c4oc4ccccc45)c23)cc1. The van der Waals surface area contributed by atoms with E-state index in [0.717, 1.165) is 88.0 Å². The molecule has 0 N–H and O–H groups in total. The minimum atomic E-state index is 0.889. The normalized spacial score (nSPS) is 11.8. The van der Waals surface area contributed by atoms with E-state index in [1.54, 1.807) is 0 Å². The van der Waals surface area contributed by atoms with Crippen LogP contribution < -0.4 is 0 Å². The maximum atomic E-state index is 6.79. The Morgan fingerprint density at radius 3 is 1.04 bits per heavy atom. The van der Waals surface area contributed by atoms with Gasteiger partial charge in [-0.15, -0.1) is 0 Å². The fourth-order valence-electron chi connectivity index (χ4n) is 8.49. The largest absolute Gasteiger partial charge is 0.455 e. The first-order chi connectivity index (χ1) is 25.8. The second kappa shape index (κ2) is 11.3. The third-order valence-corrected chi connectivity index (χ3v) is 10.7. The topological polar surface area (TPSA) is 26.3 Å². The summed E-state index contributed by atoms with van der Waals surface area (Å²) in [7, 11) is 0. The first kappa shape index (κ1) is 28.9. The fraction of sp³-hybridized carbons (Fsp3) is 0. The summed E-state index contributed by atoms with van der Waals surface area (Å²) < 4.78 is 13.6. The van der Waals surface area contributed by atoms with Crippen LogP contribution in [0.5, 0.6) is 0 Å². The number of para-hydroxylation sites is 4. The van der Waals surface area contributed by atoms with Crippen molar-refractivity contribution in [3.63, 3.8) is 0 Å². The highest BCUT2D eigenvalue weighted by Crippen LogP contribution is 2.52. The van der Waals surface area contributed by atoms with Crippen molar-refractivity contribution in [2.24, 2.45) is 0 Å². The van der Waals surface area contributed by atoms with Gasteiger partial charge in [0.05, 0.1) is 0 Å². The molecule has 2 nitrogen and oxygen atoms in total. The van der Waals surface area contributed by atoms with Crippen LogP contribution >= 0.6 is 0 Å². The molecule has 2 heterocycles. The van der Waals surface area contributed by atoms with Gasteiger partial charge in [0.25, 0.3) is 0 Å². The molecule has 0 atom stereocenters. The van der Waals surface area contributed by atoms with E-state index < -0.39 is 0 Å². The van der Waals surface area contributed by atoms with Crippen molar-refractivity contribution in [2.75, 3.05) is 0 Å². The highest BCUT2D eigenvalue weighted by Gasteiger charge is 2.26. The Labute approximate surface area is 299 Å². The molecule has 0 spiro atoms. The van der Waals surface area contributed by atoms with E-state index in [4.69, 9.17) is 8.83 Å². The van der Waals surface area contributed by atoms with Crippen molar-refractivity contribution >= 4 is 65.4 Å². The van der Waals surface area contributed by atoms with Crippen LogP contribution in [0, 0.1) is 0 Å². The van der Waals surface area contributed by atoms with Crippen LogP contribution in [-0.4, -0.2) is 0 Å². The Morgan fingerprint density at radius 1 is 0.250 bits per heavy atom. The van der Waals surface area contributed by atoms with Crippen molar-refractivity contribution in [3.05, 3.63) is 182 Å². The summed E-state index contributed by atoms with van der Waals surface area (Å²) in [6.45, 7) is 0. The maximum Gasteiger partial charge on any atom is 0.143 e. The summed E-state index contributed by atoms with van der Waals surface area (Å²) >= 11 is 0. The van der Waals surface area contributed by atoms with Crippen LogP contribution in [0.4, 0.5) is 0 Å². The minimum Gasteiger partial charge on any atom is -0.455 e. The highest BCUT2D eigenvalue weighted by molar-refractivity contribution is 6.30. The van der Waals surface area contributed by atoms with Gasteiger partial charge in [-0.05, 0) is 55.9 Å². The van der Waals surface area contributed by atoms with E-state index in [-0.39, 0.29) is 0 Å². The van der Waals surface area contributed by atoms with E-state index in [2.05, 4.69) is 170 Å². The molecule has 0 amide bonds. The summed E-state index contributed by atoms with van der Waals surface area (Å²) in [6.07, 6.45) is 0. The van der Waals surface area contributed by atoms with Gasteiger partial charge in [0.1, 0.15) is 22.3 Å². The monoisotopic (exact) mass is 662 g/mol. The lowest BCUT2D eigenvalue weighted by atomic mass is 9.80. The van der Waals surface area contributed by atoms with Gasteiger partial charge in [0.2, 0.25) is 0 Å². The van der Waals surface area contributed by atoms with Crippen LogP contribution in [0.2, 0.25) is 0 Å². The summed E-state index contributed by atoms with van der Waals surface area (Å²) in [5.74, 6) is 0. The molecule has 0 aliphatic carbocycles. The zero-order chi connectivity index (χ0) is 34.2. The number of rotatable bonds is 4. The Balaban J connectivity index is 1.40. The summed E-state index contributed by atoms with van der Waals surface area (Å²) in [4.78, 5) is 0. The highest BCUT2D eigenvalue weighted by atomic mass is 16.3. The minimum absolute atomic E-state index is 0.889. The molecule has 2 aromatic heterocycles. The Hall–Kier alpha value is -6.90. The molecule has 0 fully saturated rings. The number of fused-ring (bicyclic) bond motifs is 8. The number of benzene rings is 9. The maximum absolute atomic E-state index is 6.79. The second-order valence-electron chi connectivity index (χ2n) is 13.5. The smallest absolute Gasteiger partial charge is 0.143 e. The Morgan fingerprint density at radius 2 is 0.596 bits per heavy atom. The van der Waals surface area contributed by atoms with Gasteiger partial charge >= 0.3 is 0 Å². The molecule has 11 rings (SSSR count). The van der Waals surface area contributed by atoms with E-state index >= 15 is 0 Å². The quantitative estimate of drug-likeness (QED) is 0.175. The predicted molar refractivity (Wildman–Crippen MR) is 218 cm³/mol. The first-order valence-electron chi connectivity index (χ1n) is 17.8. The van der Waals surface area contributed by atoms with Gasteiger partial charge < -0.3 is 8.83 Å². The molecular weight excluding hydrogens is 633 g/mol. The van der Waals surface area contributed by atoms with E-state index in [9.17, 15) is 0 Å². The van der Waals surface area contributed by atoms with Gasteiger partial charge in [0.15, 0.2) is 0 Å². The Kier molecular flexibility index (Phi) is 6.28. The lowest BCUT2D eigenvalue weighted by Gasteiger charge is -2.22. The number of furan rings is 2. The standard InChI is InChI=1S/C50H30O2/c1-3-15-31(16-4-1)33-21-11-25-39-45(33)47(41-27-13-23-37-35-19-7-9-29-43(35)51-49(37)41)40-26-12-22-34(32-17-5-2-6-18-32)46(40)48(39)42-28-14-24-38-36-20-8-10-30-44(36)52-50(38)42/h1-30H. The van der Waals surface area contributed by atoms with Crippen LogP contribution in [0.15, 0.2) is 191 Å². The van der Waals surface area contributed by atoms with Crippen LogP contribution in [0.25, 0.3) is 110 Å². The lowest BCUT2D eigenvalue weighted by Crippen LogP contribution is -1.95. The molecule has 242 valence electrons. The van der Waals surface area contributed by atoms with E-state index in [1.807, 2.05) is 12.1 Å². The zero-order valence-corrected chi connectivity index (χ0v) is 28.1. The molecule has 0 saturated heterocycles. The van der Waals surface area contributed by atoms with Crippen LogP contribution in [0.3, 0.4) is 0 Å². The zero-order valence-electron chi connectivity index (χ0n) is 28.1. The lowest BCUT2D eigenvalue weighted by molar-refractivity contribution is 0.669. The molecule has 0 aliphatic rings. The van der Waals surface area contributed by atoms with Gasteiger partial charge in [-0.25, -0.2) is 0 Å². The van der Waals surface area contributed by atoms with Crippen molar-refractivity contribution in [1.29, 1.82) is 0 Å². The molecule has 0 unspecified atom stereocenters. The van der Waals surface area contributed by atoms with Gasteiger partial charge in [-0.2, -0.15) is 0 Å². The average Bonchev–Trinajstić information content (AvgIpc) is 3.79. The molecule has 0 aliphatic heterocycles. The van der Waals surface area contributed by atoms with Crippen LogP contribution in [0.1, 0.15) is 0 Å². The van der Waals surface area contributed by atoms with Crippen molar-refractivity contribution < 1.29 is 8.83 Å². The molecular formula is C50H30O2. The molecule has 11 aromatic rings. The number of hydrogen-bond acceptors (Lipinski definition) is 2. The molecule has 2 heteroatoms. The first-order valence-corrected chi connectivity index (χ1v) is 17.8. The number of hydrogen-bond donors (Lipinski definition) is 0. The fourth-order valence-corrected chi connectivity index (χ4v) is 8.49. The van der Waals surface area contributed by atoms with Gasteiger partial charge in [-0.1, -0.05) is 170 Å². The molecule has 0 radical (unpaired) electrons. The summed E-state index contributed by atoms with van der Waals surface area (Å²) in [5.41, 5.74) is 12.7. The molecule has 52 heavy (non-hydrogen) atoms. The van der Waals surface area contributed by atoms with E-state index in [1.165, 1.54) is 21.9 Å². The summed E-state index contributed by atoms with van der Waals surface area (Å²) in [5, 5.41) is 9.15.